The van der Waals surface area contributed by atoms with Crippen molar-refractivity contribution in [1.29, 1.82) is 0 Å². The smallest absolute Gasteiger partial charge is 0.113 e. The van der Waals surface area contributed by atoms with Crippen LogP contribution in [0.1, 0.15) is 33.1 Å². The molecule has 0 amide bonds. The van der Waals surface area contributed by atoms with E-state index in [0.29, 0.717) is 12.5 Å². The number of hydrogen-bond acceptors (Lipinski definition) is 2. The molecule has 0 spiro atoms. The second-order valence-electron chi connectivity index (χ2n) is 3.83. The van der Waals surface area contributed by atoms with Crippen molar-refractivity contribution in [3.8, 4) is 0 Å². The number of alkyl halides is 1. The lowest BCUT2D eigenvalue weighted by Gasteiger charge is -2.06. The Balaban J connectivity index is 2.85. The highest BCUT2D eigenvalue weighted by Crippen LogP contribution is 1.98. The maximum atomic E-state index is 11.6. The summed E-state index contributed by atoms with van der Waals surface area (Å²) >= 11 is 0. The molecule has 0 fully saturated rings. The molecule has 0 rings (SSSR count). The Bertz CT molecular complexity index is 107. The Morgan fingerprint density at radius 1 is 0.929 bits per heavy atom. The topological polar surface area (TPSA) is 18.5 Å². The summed E-state index contributed by atoms with van der Waals surface area (Å²) in [5.74, 6) is 0.614. The van der Waals surface area contributed by atoms with Crippen LogP contribution in [0.2, 0.25) is 0 Å². The van der Waals surface area contributed by atoms with Gasteiger partial charge in [0.05, 0.1) is 6.61 Å². The van der Waals surface area contributed by atoms with Gasteiger partial charge in [0, 0.05) is 19.8 Å². The van der Waals surface area contributed by atoms with Crippen LogP contribution in [0.4, 0.5) is 4.39 Å². The first-order chi connectivity index (χ1) is 6.77. The monoisotopic (exact) mass is 206 g/mol. The third-order valence-corrected chi connectivity index (χ3v) is 1.75. The first-order valence-corrected chi connectivity index (χ1v) is 5.48. The summed E-state index contributed by atoms with van der Waals surface area (Å²) in [7, 11) is 0. The van der Waals surface area contributed by atoms with Crippen molar-refractivity contribution < 1.29 is 13.9 Å². The Morgan fingerprint density at radius 2 is 1.57 bits per heavy atom. The molecule has 0 N–H and O–H groups in total. The molecule has 0 unspecified atom stereocenters. The zero-order chi connectivity index (χ0) is 10.6. The van der Waals surface area contributed by atoms with Crippen molar-refractivity contribution in [2.45, 2.75) is 33.1 Å². The van der Waals surface area contributed by atoms with E-state index in [2.05, 4.69) is 13.8 Å². The zero-order valence-corrected chi connectivity index (χ0v) is 9.43. The fraction of sp³-hybridized carbons (Fsp3) is 1.00. The molecule has 0 aromatic rings. The predicted octanol–water partition coefficient (Wildman–Crippen LogP) is 2.82. The van der Waals surface area contributed by atoms with Gasteiger partial charge in [-0.25, -0.2) is 4.39 Å². The van der Waals surface area contributed by atoms with Gasteiger partial charge in [0.1, 0.15) is 6.67 Å². The van der Waals surface area contributed by atoms with Gasteiger partial charge in [-0.3, -0.25) is 0 Å². The van der Waals surface area contributed by atoms with Gasteiger partial charge in [-0.15, -0.1) is 0 Å². The third-order valence-electron chi connectivity index (χ3n) is 1.75. The summed E-state index contributed by atoms with van der Waals surface area (Å²) in [6, 6.07) is 0. The number of halogens is 1. The maximum absolute atomic E-state index is 11.6. The quantitative estimate of drug-likeness (QED) is 0.512. The molecule has 0 bridgehead atoms. The molecule has 0 atom stereocenters. The van der Waals surface area contributed by atoms with E-state index >= 15 is 0 Å². The molecule has 0 aliphatic heterocycles. The Kier molecular flexibility index (Phi) is 10.8. The molecule has 2 nitrogen and oxygen atoms in total. The third kappa shape index (κ3) is 11.8. The summed E-state index contributed by atoms with van der Waals surface area (Å²) < 4.78 is 22.0. The van der Waals surface area contributed by atoms with Crippen molar-refractivity contribution in [1.82, 2.24) is 0 Å². The molecule has 0 aromatic carbocycles. The van der Waals surface area contributed by atoms with Crippen LogP contribution in [0, 0.1) is 5.92 Å². The minimum Gasteiger partial charge on any atom is -0.381 e. The first-order valence-electron chi connectivity index (χ1n) is 5.48. The molecular formula is C11H23FO2. The Labute approximate surface area is 86.8 Å². The fourth-order valence-electron chi connectivity index (χ4n) is 1.06. The van der Waals surface area contributed by atoms with E-state index in [4.69, 9.17) is 9.47 Å². The summed E-state index contributed by atoms with van der Waals surface area (Å²) in [5.41, 5.74) is 0. The number of rotatable bonds is 10. The summed E-state index contributed by atoms with van der Waals surface area (Å²) in [6.07, 6.45) is 3.18. The lowest BCUT2D eigenvalue weighted by Crippen LogP contribution is -2.03. The van der Waals surface area contributed by atoms with Gasteiger partial charge in [-0.1, -0.05) is 13.8 Å². The molecule has 0 saturated heterocycles. The highest BCUT2D eigenvalue weighted by Gasteiger charge is 1.94. The van der Waals surface area contributed by atoms with Crippen molar-refractivity contribution >= 4 is 0 Å². The van der Waals surface area contributed by atoms with Gasteiger partial charge in [0.2, 0.25) is 0 Å². The Morgan fingerprint density at radius 3 is 2.14 bits per heavy atom. The predicted molar refractivity (Wildman–Crippen MR) is 56.3 cm³/mol. The summed E-state index contributed by atoms with van der Waals surface area (Å²) in [5, 5.41) is 0. The fourth-order valence-corrected chi connectivity index (χ4v) is 1.06. The van der Waals surface area contributed by atoms with Crippen LogP contribution in [-0.4, -0.2) is 33.1 Å². The highest BCUT2D eigenvalue weighted by atomic mass is 19.1. The van der Waals surface area contributed by atoms with Gasteiger partial charge in [-0.05, 0) is 25.2 Å². The van der Waals surface area contributed by atoms with E-state index in [1.807, 2.05) is 0 Å². The van der Waals surface area contributed by atoms with Gasteiger partial charge in [0.15, 0.2) is 0 Å². The van der Waals surface area contributed by atoms with Gasteiger partial charge >= 0.3 is 0 Å². The van der Waals surface area contributed by atoms with E-state index in [-0.39, 0.29) is 13.3 Å². The van der Waals surface area contributed by atoms with Crippen LogP contribution >= 0.6 is 0 Å². The van der Waals surface area contributed by atoms with Crippen molar-refractivity contribution in [3.05, 3.63) is 0 Å². The molecule has 0 aliphatic carbocycles. The average Bonchev–Trinajstić information content (AvgIpc) is 2.15. The molecule has 0 aromatic heterocycles. The van der Waals surface area contributed by atoms with E-state index in [9.17, 15) is 4.39 Å². The van der Waals surface area contributed by atoms with E-state index in [0.717, 1.165) is 32.5 Å². The molecule has 86 valence electrons. The standard InChI is InChI=1S/C11H23FO2/c1-11(2)10-14-8-5-3-4-7-13-9-6-12/h11H,3-10H2,1-2H3. The zero-order valence-electron chi connectivity index (χ0n) is 9.43. The first kappa shape index (κ1) is 13.8. The Hall–Kier alpha value is -0.150. The van der Waals surface area contributed by atoms with Gasteiger partial charge in [-0.2, -0.15) is 0 Å². The van der Waals surface area contributed by atoms with Crippen molar-refractivity contribution in [2.75, 3.05) is 33.1 Å². The molecule has 14 heavy (non-hydrogen) atoms. The molecule has 3 heteroatoms. The minimum atomic E-state index is -0.377. The summed E-state index contributed by atoms with van der Waals surface area (Å²) in [4.78, 5) is 0. The van der Waals surface area contributed by atoms with Crippen LogP contribution in [0.3, 0.4) is 0 Å². The molecule has 0 saturated carbocycles. The second kappa shape index (κ2) is 10.9. The highest BCUT2D eigenvalue weighted by molar-refractivity contribution is 4.43. The minimum absolute atomic E-state index is 0.240. The lowest BCUT2D eigenvalue weighted by molar-refractivity contribution is 0.0964. The molecule has 0 heterocycles. The summed E-state index contributed by atoms with van der Waals surface area (Å²) in [6.45, 7) is 6.50. The second-order valence-corrected chi connectivity index (χ2v) is 3.83. The molecule has 0 aliphatic rings. The van der Waals surface area contributed by atoms with Crippen LogP contribution < -0.4 is 0 Å². The van der Waals surface area contributed by atoms with Gasteiger partial charge < -0.3 is 9.47 Å². The molecular weight excluding hydrogens is 183 g/mol. The SMILES string of the molecule is CC(C)COCCCCCOCCF. The van der Waals surface area contributed by atoms with Gasteiger partial charge in [0.25, 0.3) is 0 Å². The van der Waals surface area contributed by atoms with Crippen LogP contribution in [0.25, 0.3) is 0 Å². The maximum Gasteiger partial charge on any atom is 0.113 e. The van der Waals surface area contributed by atoms with Crippen molar-refractivity contribution in [3.63, 3.8) is 0 Å². The van der Waals surface area contributed by atoms with Crippen LogP contribution in [0.15, 0.2) is 0 Å². The lowest BCUT2D eigenvalue weighted by atomic mass is 10.2. The number of ether oxygens (including phenoxy) is 2. The van der Waals surface area contributed by atoms with E-state index in [1.54, 1.807) is 0 Å². The average molecular weight is 206 g/mol. The van der Waals surface area contributed by atoms with Crippen LogP contribution in [-0.2, 0) is 9.47 Å². The van der Waals surface area contributed by atoms with E-state index in [1.165, 1.54) is 0 Å². The number of unbranched alkanes of at least 4 members (excludes halogenated alkanes) is 2. The number of hydrogen-bond donors (Lipinski definition) is 0. The molecule has 0 radical (unpaired) electrons. The van der Waals surface area contributed by atoms with Crippen LogP contribution in [0.5, 0.6) is 0 Å². The van der Waals surface area contributed by atoms with E-state index < -0.39 is 0 Å². The normalized spacial score (nSPS) is 11.1. The van der Waals surface area contributed by atoms with Crippen molar-refractivity contribution in [2.24, 2.45) is 5.92 Å². The largest absolute Gasteiger partial charge is 0.381 e.